The van der Waals surface area contributed by atoms with Crippen molar-refractivity contribution in [1.82, 2.24) is 0 Å². The number of halogens is 3. The summed E-state index contributed by atoms with van der Waals surface area (Å²) in [5.74, 6) is -0.700. The lowest BCUT2D eigenvalue weighted by Gasteiger charge is -2.19. The molecule has 0 unspecified atom stereocenters. The van der Waals surface area contributed by atoms with Crippen LogP contribution in [0.15, 0.2) is 18.2 Å². The van der Waals surface area contributed by atoms with Crippen LogP contribution in [0.4, 0.5) is 13.2 Å². The van der Waals surface area contributed by atoms with Crippen molar-refractivity contribution in [3.05, 3.63) is 29.3 Å². The molecule has 0 saturated heterocycles. The molecule has 0 atom stereocenters. The van der Waals surface area contributed by atoms with E-state index in [1.165, 1.54) is 12.1 Å². The van der Waals surface area contributed by atoms with Gasteiger partial charge in [-0.3, -0.25) is 0 Å². The topological polar surface area (TPSA) is 20.2 Å². The average molecular weight is 232 g/mol. The van der Waals surface area contributed by atoms with Gasteiger partial charge in [0.2, 0.25) is 0 Å². The summed E-state index contributed by atoms with van der Waals surface area (Å²) >= 11 is 0. The van der Waals surface area contributed by atoms with Crippen molar-refractivity contribution in [3.8, 4) is 5.75 Å². The van der Waals surface area contributed by atoms with Crippen LogP contribution in [0.1, 0.15) is 31.9 Å². The molecule has 0 spiro atoms. The maximum absolute atomic E-state index is 12.4. The standard InChI is InChI=1S/C12H15F3O/c1-11(2,3)7-8-4-5-9(10(16)6-8)12(13,14)15/h4-6,16H,7H2,1-3H3. The molecule has 1 N–H and O–H groups in total. The van der Waals surface area contributed by atoms with Gasteiger partial charge in [-0.15, -0.1) is 0 Å². The Morgan fingerprint density at radius 1 is 1.12 bits per heavy atom. The molecular formula is C12H15F3O. The van der Waals surface area contributed by atoms with Crippen LogP contribution in [0.3, 0.4) is 0 Å². The molecule has 1 nitrogen and oxygen atoms in total. The largest absolute Gasteiger partial charge is 0.507 e. The first kappa shape index (κ1) is 12.9. The Hall–Kier alpha value is -1.19. The SMILES string of the molecule is CC(C)(C)Cc1ccc(C(F)(F)F)c(O)c1. The number of alkyl halides is 3. The predicted molar refractivity (Wildman–Crippen MR) is 56.3 cm³/mol. The highest BCUT2D eigenvalue weighted by molar-refractivity contribution is 5.38. The number of rotatable bonds is 1. The van der Waals surface area contributed by atoms with Gasteiger partial charge in [-0.1, -0.05) is 26.8 Å². The summed E-state index contributed by atoms with van der Waals surface area (Å²) in [5.41, 5.74) is -0.296. The molecule has 0 aromatic heterocycles. The van der Waals surface area contributed by atoms with Crippen LogP contribution in [0.25, 0.3) is 0 Å². The van der Waals surface area contributed by atoms with Crippen molar-refractivity contribution < 1.29 is 18.3 Å². The summed E-state index contributed by atoms with van der Waals surface area (Å²) in [4.78, 5) is 0. The normalized spacial score (nSPS) is 12.9. The quantitative estimate of drug-likeness (QED) is 0.775. The average Bonchev–Trinajstić information content (AvgIpc) is 1.97. The second-order valence-corrected chi connectivity index (χ2v) is 5.09. The van der Waals surface area contributed by atoms with E-state index in [1.807, 2.05) is 20.8 Å². The number of benzene rings is 1. The molecule has 0 saturated carbocycles. The second kappa shape index (κ2) is 4.00. The molecule has 90 valence electrons. The van der Waals surface area contributed by atoms with E-state index in [0.717, 1.165) is 6.07 Å². The fourth-order valence-corrected chi connectivity index (χ4v) is 1.54. The summed E-state index contributed by atoms with van der Waals surface area (Å²) in [7, 11) is 0. The van der Waals surface area contributed by atoms with E-state index in [-0.39, 0.29) is 5.41 Å². The highest BCUT2D eigenvalue weighted by Gasteiger charge is 2.33. The third-order valence-electron chi connectivity index (χ3n) is 2.10. The smallest absolute Gasteiger partial charge is 0.419 e. The number of aromatic hydroxyl groups is 1. The molecule has 0 amide bonds. The van der Waals surface area contributed by atoms with E-state index >= 15 is 0 Å². The third kappa shape index (κ3) is 3.43. The summed E-state index contributed by atoms with van der Waals surface area (Å²) in [6, 6.07) is 3.53. The van der Waals surface area contributed by atoms with E-state index in [0.29, 0.717) is 12.0 Å². The van der Waals surface area contributed by atoms with Crippen molar-refractivity contribution in [2.75, 3.05) is 0 Å². The molecule has 16 heavy (non-hydrogen) atoms. The highest BCUT2D eigenvalue weighted by Crippen LogP contribution is 2.36. The lowest BCUT2D eigenvalue weighted by molar-refractivity contribution is -0.138. The fourth-order valence-electron chi connectivity index (χ4n) is 1.54. The zero-order valence-electron chi connectivity index (χ0n) is 9.52. The summed E-state index contributed by atoms with van der Waals surface area (Å²) in [6.45, 7) is 5.96. The van der Waals surface area contributed by atoms with Crippen molar-refractivity contribution in [3.63, 3.8) is 0 Å². The minimum absolute atomic E-state index is 0.0216. The molecule has 0 radical (unpaired) electrons. The molecular weight excluding hydrogens is 217 g/mol. The van der Waals surface area contributed by atoms with Gasteiger partial charge in [-0.2, -0.15) is 13.2 Å². The Morgan fingerprint density at radius 2 is 1.69 bits per heavy atom. The summed E-state index contributed by atoms with van der Waals surface area (Å²) in [5, 5.41) is 9.30. The number of hydrogen-bond donors (Lipinski definition) is 1. The van der Waals surface area contributed by atoms with Gasteiger partial charge in [0.05, 0.1) is 5.56 Å². The van der Waals surface area contributed by atoms with Crippen LogP contribution >= 0.6 is 0 Å². The Bertz CT molecular complexity index is 375. The van der Waals surface area contributed by atoms with E-state index in [4.69, 9.17) is 0 Å². The molecule has 1 aromatic rings. The van der Waals surface area contributed by atoms with E-state index in [1.54, 1.807) is 0 Å². The van der Waals surface area contributed by atoms with E-state index in [2.05, 4.69) is 0 Å². The van der Waals surface area contributed by atoms with Crippen LogP contribution in [0.5, 0.6) is 5.75 Å². The van der Waals surface area contributed by atoms with Crippen LogP contribution in [-0.4, -0.2) is 5.11 Å². The number of phenolic OH excluding ortho intramolecular Hbond substituents is 1. The van der Waals surface area contributed by atoms with E-state index in [9.17, 15) is 18.3 Å². The molecule has 0 aliphatic heterocycles. The maximum Gasteiger partial charge on any atom is 0.419 e. The Balaban J connectivity index is 3.01. The van der Waals surface area contributed by atoms with Gasteiger partial charge in [-0.25, -0.2) is 0 Å². The molecule has 0 aliphatic carbocycles. The molecule has 0 aliphatic rings. The molecule has 0 fully saturated rings. The zero-order chi connectivity index (χ0) is 12.6. The lowest BCUT2D eigenvalue weighted by atomic mass is 9.88. The van der Waals surface area contributed by atoms with Gasteiger partial charge >= 0.3 is 6.18 Å². The molecule has 0 heterocycles. The summed E-state index contributed by atoms with van der Waals surface area (Å²) in [6.07, 6.45) is -3.87. The highest BCUT2D eigenvalue weighted by atomic mass is 19.4. The maximum atomic E-state index is 12.4. The number of phenols is 1. The predicted octanol–water partition coefficient (Wildman–Crippen LogP) is 4.00. The van der Waals surface area contributed by atoms with Crippen molar-refractivity contribution in [2.24, 2.45) is 5.41 Å². The fraction of sp³-hybridized carbons (Fsp3) is 0.500. The first-order chi connectivity index (χ1) is 7.09. The van der Waals surface area contributed by atoms with Crippen LogP contribution < -0.4 is 0 Å². The molecule has 4 heteroatoms. The van der Waals surface area contributed by atoms with Crippen LogP contribution in [-0.2, 0) is 12.6 Å². The van der Waals surface area contributed by atoms with E-state index < -0.39 is 17.5 Å². The molecule has 1 aromatic carbocycles. The van der Waals surface area contributed by atoms with Gasteiger partial charge in [0.1, 0.15) is 5.75 Å². The zero-order valence-corrected chi connectivity index (χ0v) is 9.52. The molecule has 0 bridgehead atoms. The minimum atomic E-state index is -4.50. The Morgan fingerprint density at radius 3 is 2.06 bits per heavy atom. The molecule has 1 rings (SSSR count). The Kier molecular flexibility index (Phi) is 3.22. The van der Waals surface area contributed by atoms with Crippen LogP contribution in [0.2, 0.25) is 0 Å². The van der Waals surface area contributed by atoms with Crippen molar-refractivity contribution in [1.29, 1.82) is 0 Å². The third-order valence-corrected chi connectivity index (χ3v) is 2.10. The van der Waals surface area contributed by atoms with Gasteiger partial charge in [0, 0.05) is 0 Å². The second-order valence-electron chi connectivity index (χ2n) is 5.09. The van der Waals surface area contributed by atoms with Gasteiger partial charge < -0.3 is 5.11 Å². The van der Waals surface area contributed by atoms with Gasteiger partial charge in [-0.05, 0) is 29.5 Å². The van der Waals surface area contributed by atoms with Gasteiger partial charge in [0.25, 0.3) is 0 Å². The monoisotopic (exact) mass is 232 g/mol. The van der Waals surface area contributed by atoms with Crippen molar-refractivity contribution in [2.45, 2.75) is 33.4 Å². The first-order valence-corrected chi connectivity index (χ1v) is 4.99. The van der Waals surface area contributed by atoms with Crippen molar-refractivity contribution >= 4 is 0 Å². The lowest BCUT2D eigenvalue weighted by Crippen LogP contribution is -2.10. The summed E-state index contributed by atoms with van der Waals surface area (Å²) < 4.78 is 37.1. The Labute approximate surface area is 92.9 Å². The van der Waals surface area contributed by atoms with Gasteiger partial charge in [0.15, 0.2) is 0 Å². The minimum Gasteiger partial charge on any atom is -0.507 e. The van der Waals surface area contributed by atoms with Crippen LogP contribution in [0, 0.1) is 5.41 Å². The number of hydrogen-bond acceptors (Lipinski definition) is 1. The first-order valence-electron chi connectivity index (χ1n) is 4.99.